The van der Waals surface area contributed by atoms with Gasteiger partial charge in [-0.15, -0.1) is 0 Å². The highest BCUT2D eigenvalue weighted by atomic mass is 16.3. The number of nitrogens with zero attached hydrogens (tertiary/aromatic N) is 1. The molecule has 1 heterocycles. The van der Waals surface area contributed by atoms with Crippen molar-refractivity contribution < 1.29 is 5.11 Å². The van der Waals surface area contributed by atoms with Gasteiger partial charge >= 0.3 is 0 Å². The molecule has 0 radical (unpaired) electrons. The van der Waals surface area contributed by atoms with E-state index in [1.54, 1.807) is 0 Å². The lowest BCUT2D eigenvalue weighted by Gasteiger charge is -2.32. The number of aliphatic hydroxyl groups is 1. The fourth-order valence-electron chi connectivity index (χ4n) is 1.55. The minimum absolute atomic E-state index is 0.194. The van der Waals surface area contributed by atoms with Crippen LogP contribution in [0.5, 0.6) is 0 Å². The summed E-state index contributed by atoms with van der Waals surface area (Å²) in [5.74, 6) is 0. The summed E-state index contributed by atoms with van der Waals surface area (Å²) in [6.07, 6.45) is -0.194. The van der Waals surface area contributed by atoms with E-state index in [0.29, 0.717) is 6.04 Å². The first-order chi connectivity index (χ1) is 5.18. The van der Waals surface area contributed by atoms with Crippen LogP contribution in [0.2, 0.25) is 0 Å². The van der Waals surface area contributed by atoms with Gasteiger partial charge in [0.25, 0.3) is 0 Å². The summed E-state index contributed by atoms with van der Waals surface area (Å²) in [5.41, 5.74) is 0. The largest absolute Gasteiger partial charge is 0.392 e. The Morgan fingerprint density at radius 3 is 3.00 bits per heavy atom. The molecule has 2 N–H and O–H groups in total. The third-order valence-corrected chi connectivity index (χ3v) is 1.98. The maximum atomic E-state index is 9.13. The first-order valence-corrected chi connectivity index (χ1v) is 4.32. The molecule has 66 valence electrons. The molecule has 0 aromatic carbocycles. The van der Waals surface area contributed by atoms with Crippen LogP contribution in [0.15, 0.2) is 0 Å². The van der Waals surface area contributed by atoms with E-state index < -0.39 is 0 Å². The summed E-state index contributed by atoms with van der Waals surface area (Å²) in [6.45, 7) is 8.00. The van der Waals surface area contributed by atoms with Gasteiger partial charge in [-0.25, -0.2) is 0 Å². The molecular formula is C8H18N2O. The van der Waals surface area contributed by atoms with E-state index in [0.717, 1.165) is 26.2 Å². The van der Waals surface area contributed by atoms with E-state index in [4.69, 9.17) is 5.11 Å². The van der Waals surface area contributed by atoms with Crippen LogP contribution in [0.3, 0.4) is 0 Å². The van der Waals surface area contributed by atoms with Gasteiger partial charge in [0.15, 0.2) is 0 Å². The fraction of sp³-hybridized carbons (Fsp3) is 1.00. The van der Waals surface area contributed by atoms with Gasteiger partial charge in [-0.1, -0.05) is 0 Å². The Balaban J connectivity index is 2.23. The van der Waals surface area contributed by atoms with Gasteiger partial charge in [0.2, 0.25) is 0 Å². The molecule has 0 aromatic heterocycles. The van der Waals surface area contributed by atoms with Crippen LogP contribution >= 0.6 is 0 Å². The van der Waals surface area contributed by atoms with Gasteiger partial charge < -0.3 is 10.4 Å². The zero-order valence-corrected chi connectivity index (χ0v) is 7.38. The van der Waals surface area contributed by atoms with E-state index >= 15 is 0 Å². The molecule has 1 rings (SSSR count). The molecule has 0 bridgehead atoms. The lowest BCUT2D eigenvalue weighted by molar-refractivity contribution is 0.108. The molecule has 3 heteroatoms. The number of β-amino-alcohol motifs (C(OH)–C–C–N with tert-alkyl or cyclic N) is 1. The SMILES string of the molecule is C[C@@H](O)CN1CCN[C@@H](C)C1. The third kappa shape index (κ3) is 3.18. The van der Waals surface area contributed by atoms with Crippen molar-refractivity contribution in [1.29, 1.82) is 0 Å². The second-order valence-electron chi connectivity index (χ2n) is 3.46. The Morgan fingerprint density at radius 2 is 2.45 bits per heavy atom. The van der Waals surface area contributed by atoms with Gasteiger partial charge in [0.05, 0.1) is 6.10 Å². The summed E-state index contributed by atoms with van der Waals surface area (Å²) < 4.78 is 0. The molecule has 0 unspecified atom stereocenters. The number of aliphatic hydroxyl groups excluding tert-OH is 1. The van der Waals surface area contributed by atoms with Crippen molar-refractivity contribution in [3.05, 3.63) is 0 Å². The zero-order chi connectivity index (χ0) is 8.27. The molecule has 0 aromatic rings. The number of nitrogens with one attached hydrogen (secondary N) is 1. The fourth-order valence-corrected chi connectivity index (χ4v) is 1.55. The normalized spacial score (nSPS) is 30.3. The van der Waals surface area contributed by atoms with Crippen molar-refractivity contribution in [1.82, 2.24) is 10.2 Å². The molecular weight excluding hydrogens is 140 g/mol. The highest BCUT2D eigenvalue weighted by molar-refractivity contribution is 4.75. The molecule has 3 nitrogen and oxygen atoms in total. The van der Waals surface area contributed by atoms with E-state index in [2.05, 4.69) is 17.1 Å². The molecule has 1 fully saturated rings. The minimum atomic E-state index is -0.194. The molecule has 1 aliphatic heterocycles. The third-order valence-electron chi connectivity index (χ3n) is 1.98. The summed E-state index contributed by atoms with van der Waals surface area (Å²) in [4.78, 5) is 2.30. The van der Waals surface area contributed by atoms with Gasteiger partial charge in [0, 0.05) is 32.2 Å². The van der Waals surface area contributed by atoms with Crippen LogP contribution in [0.4, 0.5) is 0 Å². The minimum Gasteiger partial charge on any atom is -0.392 e. The van der Waals surface area contributed by atoms with Crippen molar-refractivity contribution in [3.63, 3.8) is 0 Å². The van der Waals surface area contributed by atoms with E-state index in [9.17, 15) is 0 Å². The topological polar surface area (TPSA) is 35.5 Å². The average molecular weight is 158 g/mol. The summed E-state index contributed by atoms with van der Waals surface area (Å²) in [5, 5.41) is 12.5. The van der Waals surface area contributed by atoms with Crippen LogP contribution in [0.1, 0.15) is 13.8 Å². The molecule has 11 heavy (non-hydrogen) atoms. The highest BCUT2D eigenvalue weighted by Gasteiger charge is 2.15. The van der Waals surface area contributed by atoms with Gasteiger partial charge in [-0.05, 0) is 13.8 Å². The lowest BCUT2D eigenvalue weighted by atomic mass is 10.2. The smallest absolute Gasteiger partial charge is 0.0639 e. The van der Waals surface area contributed by atoms with Crippen LogP contribution in [0, 0.1) is 0 Å². The second kappa shape index (κ2) is 4.04. The van der Waals surface area contributed by atoms with Crippen molar-refractivity contribution in [2.75, 3.05) is 26.2 Å². The maximum absolute atomic E-state index is 9.13. The first kappa shape index (κ1) is 8.97. The predicted octanol–water partition coefficient (Wildman–Crippen LogP) is -0.339. The van der Waals surface area contributed by atoms with Gasteiger partial charge in [-0.3, -0.25) is 4.90 Å². The molecule has 2 atom stereocenters. The van der Waals surface area contributed by atoms with Crippen LogP contribution in [-0.2, 0) is 0 Å². The zero-order valence-electron chi connectivity index (χ0n) is 7.38. The number of piperazine rings is 1. The van der Waals surface area contributed by atoms with Crippen molar-refractivity contribution in [2.45, 2.75) is 26.0 Å². The predicted molar refractivity (Wildman–Crippen MR) is 45.6 cm³/mol. The molecule has 0 aliphatic carbocycles. The van der Waals surface area contributed by atoms with E-state index in [1.165, 1.54) is 0 Å². The summed E-state index contributed by atoms with van der Waals surface area (Å²) >= 11 is 0. The molecule has 1 aliphatic rings. The number of hydrogen-bond acceptors (Lipinski definition) is 3. The Morgan fingerprint density at radius 1 is 1.73 bits per heavy atom. The Bertz CT molecular complexity index is 115. The van der Waals surface area contributed by atoms with E-state index in [1.807, 2.05) is 6.92 Å². The second-order valence-corrected chi connectivity index (χ2v) is 3.46. The van der Waals surface area contributed by atoms with Crippen LogP contribution < -0.4 is 5.32 Å². The quantitative estimate of drug-likeness (QED) is 0.577. The molecule has 0 spiro atoms. The van der Waals surface area contributed by atoms with Crippen molar-refractivity contribution in [2.24, 2.45) is 0 Å². The van der Waals surface area contributed by atoms with Gasteiger partial charge in [-0.2, -0.15) is 0 Å². The molecule has 0 amide bonds. The molecule has 1 saturated heterocycles. The van der Waals surface area contributed by atoms with Crippen LogP contribution in [-0.4, -0.2) is 48.3 Å². The first-order valence-electron chi connectivity index (χ1n) is 4.32. The standard InChI is InChI=1S/C8H18N2O/c1-7-5-10(4-3-9-7)6-8(2)11/h7-9,11H,3-6H2,1-2H3/t7-,8+/m0/s1. The molecule has 0 saturated carbocycles. The maximum Gasteiger partial charge on any atom is 0.0639 e. The number of rotatable bonds is 2. The highest BCUT2D eigenvalue weighted by Crippen LogP contribution is 1.99. The van der Waals surface area contributed by atoms with Crippen LogP contribution in [0.25, 0.3) is 0 Å². The van der Waals surface area contributed by atoms with E-state index in [-0.39, 0.29) is 6.10 Å². The number of hydrogen-bond donors (Lipinski definition) is 2. The Hall–Kier alpha value is -0.120. The monoisotopic (exact) mass is 158 g/mol. The lowest BCUT2D eigenvalue weighted by Crippen LogP contribution is -2.50. The Labute approximate surface area is 68.4 Å². The summed E-state index contributed by atoms with van der Waals surface area (Å²) in [6, 6.07) is 0.572. The average Bonchev–Trinajstić information content (AvgIpc) is 1.85. The summed E-state index contributed by atoms with van der Waals surface area (Å²) in [7, 11) is 0. The van der Waals surface area contributed by atoms with Crippen molar-refractivity contribution in [3.8, 4) is 0 Å². The van der Waals surface area contributed by atoms with Gasteiger partial charge in [0.1, 0.15) is 0 Å². The Kier molecular flexibility index (Phi) is 3.30. The van der Waals surface area contributed by atoms with Crippen molar-refractivity contribution >= 4 is 0 Å².